The lowest BCUT2D eigenvalue weighted by Crippen LogP contribution is -2.25. The molecule has 1 atom stereocenters. The monoisotopic (exact) mass is 359 g/mol. The number of benzene rings is 1. The van der Waals surface area contributed by atoms with Crippen molar-refractivity contribution in [2.24, 2.45) is 0 Å². The number of hydroxylamine groups is 1. The van der Waals surface area contributed by atoms with Crippen molar-refractivity contribution >= 4 is 5.70 Å². The molecule has 0 saturated heterocycles. The van der Waals surface area contributed by atoms with Gasteiger partial charge >= 0.3 is 5.76 Å². The molecule has 0 bridgehead atoms. The summed E-state index contributed by atoms with van der Waals surface area (Å²) in [5.41, 5.74) is 3.58. The topological polar surface area (TPSA) is 98.6 Å². The van der Waals surface area contributed by atoms with Gasteiger partial charge in [0.15, 0.2) is 22.9 Å². The Hall–Kier alpha value is -2.74. The van der Waals surface area contributed by atoms with Crippen LogP contribution in [0.25, 0.3) is 5.70 Å². The van der Waals surface area contributed by atoms with Crippen LogP contribution in [0.1, 0.15) is 44.0 Å². The second-order valence-electron chi connectivity index (χ2n) is 6.70. The summed E-state index contributed by atoms with van der Waals surface area (Å²) in [5.74, 6) is 1.08. The third kappa shape index (κ3) is 3.08. The second kappa shape index (κ2) is 6.53. The number of hydrogen-bond acceptors (Lipinski definition) is 7. The largest absolute Gasteiger partial charge is 0.493 e. The Morgan fingerprint density at radius 2 is 2.08 bits per heavy atom. The summed E-state index contributed by atoms with van der Waals surface area (Å²) in [6, 6.07) is 5.71. The summed E-state index contributed by atoms with van der Waals surface area (Å²) in [7, 11) is 1.63. The molecule has 26 heavy (non-hydrogen) atoms. The lowest BCUT2D eigenvalue weighted by atomic mass is 10.0. The highest BCUT2D eigenvalue weighted by atomic mass is 16.7. The fraction of sp³-hybridized carbons (Fsp3) is 0.444. The van der Waals surface area contributed by atoms with Gasteiger partial charge in [-0.2, -0.15) is 0 Å². The number of aromatic amines is 1. The van der Waals surface area contributed by atoms with Gasteiger partial charge in [0.2, 0.25) is 0 Å². The maximum atomic E-state index is 11.2. The first-order valence-electron chi connectivity index (χ1n) is 8.66. The molecule has 2 N–H and O–H groups in total. The van der Waals surface area contributed by atoms with Gasteiger partial charge < -0.3 is 9.47 Å². The normalized spacial score (nSPS) is 22.9. The summed E-state index contributed by atoms with van der Waals surface area (Å²) in [4.78, 5) is 19.4. The number of aromatic nitrogens is 2. The van der Waals surface area contributed by atoms with Gasteiger partial charge in [-0.1, -0.05) is 5.16 Å². The first-order chi connectivity index (χ1) is 12.6. The average molecular weight is 359 g/mol. The van der Waals surface area contributed by atoms with Crippen LogP contribution in [-0.4, -0.2) is 23.4 Å². The third-order valence-corrected chi connectivity index (χ3v) is 4.77. The van der Waals surface area contributed by atoms with E-state index in [-0.39, 0.29) is 6.10 Å². The number of nitrogens with zero attached hydrogens (tertiary/aromatic N) is 1. The van der Waals surface area contributed by atoms with Gasteiger partial charge in [-0.05, 0) is 56.9 Å². The lowest BCUT2D eigenvalue weighted by molar-refractivity contribution is -0.0319. The lowest BCUT2D eigenvalue weighted by Gasteiger charge is -2.17. The molecular weight excluding hydrogens is 338 g/mol. The molecule has 1 aliphatic heterocycles. The molecule has 4 rings (SSSR count). The van der Waals surface area contributed by atoms with Crippen LogP contribution in [0.4, 0.5) is 0 Å². The van der Waals surface area contributed by atoms with Gasteiger partial charge in [-0.15, -0.1) is 0 Å². The average Bonchev–Trinajstić information content (AvgIpc) is 3.37. The van der Waals surface area contributed by atoms with Crippen LogP contribution < -0.4 is 20.7 Å². The SMILES string of the molecule is COc1ccc(C2=CC(C)(c3noc(=O)[nH]3)ON2)cc1OC1CCCC1. The standard InChI is InChI=1S/C18H21N3O5/c1-18(16-19-17(22)25-21-16)10-13(20-26-18)11-7-8-14(23-2)15(9-11)24-12-5-3-4-6-12/h7-10,12,20H,3-6H2,1-2H3,(H,19,21,22). The molecule has 0 spiro atoms. The van der Waals surface area contributed by atoms with Crippen LogP contribution in [0.15, 0.2) is 33.6 Å². The predicted molar refractivity (Wildman–Crippen MR) is 92.6 cm³/mol. The first-order valence-corrected chi connectivity index (χ1v) is 8.66. The predicted octanol–water partition coefficient (Wildman–Crippen LogP) is 2.48. The van der Waals surface area contributed by atoms with E-state index in [1.165, 1.54) is 12.8 Å². The highest BCUT2D eigenvalue weighted by Crippen LogP contribution is 2.37. The van der Waals surface area contributed by atoms with Crippen molar-refractivity contribution in [3.63, 3.8) is 0 Å². The molecule has 138 valence electrons. The van der Waals surface area contributed by atoms with Crippen LogP contribution in [0, 0.1) is 0 Å². The van der Waals surface area contributed by atoms with Crippen molar-refractivity contribution in [2.45, 2.75) is 44.3 Å². The number of hydrogen-bond donors (Lipinski definition) is 2. The zero-order valence-electron chi connectivity index (χ0n) is 14.7. The van der Waals surface area contributed by atoms with E-state index in [2.05, 4.69) is 20.1 Å². The summed E-state index contributed by atoms with van der Waals surface area (Å²) in [6.45, 7) is 1.78. The van der Waals surface area contributed by atoms with Crippen molar-refractivity contribution in [1.82, 2.24) is 15.6 Å². The van der Waals surface area contributed by atoms with Gasteiger partial charge in [-0.3, -0.25) is 19.8 Å². The molecule has 0 amide bonds. The quantitative estimate of drug-likeness (QED) is 0.846. The summed E-state index contributed by atoms with van der Waals surface area (Å²) in [6.07, 6.45) is 6.58. The molecule has 1 aromatic carbocycles. The zero-order valence-corrected chi connectivity index (χ0v) is 14.7. The Morgan fingerprint density at radius 3 is 2.77 bits per heavy atom. The van der Waals surface area contributed by atoms with E-state index in [0.717, 1.165) is 24.1 Å². The van der Waals surface area contributed by atoms with Gasteiger partial charge in [-0.25, -0.2) is 4.79 Å². The number of H-pyrrole nitrogens is 1. The van der Waals surface area contributed by atoms with Crippen LogP contribution >= 0.6 is 0 Å². The van der Waals surface area contributed by atoms with Gasteiger partial charge in [0.25, 0.3) is 0 Å². The van der Waals surface area contributed by atoms with Crippen molar-refractivity contribution in [1.29, 1.82) is 0 Å². The van der Waals surface area contributed by atoms with Crippen LogP contribution in [-0.2, 0) is 10.4 Å². The maximum Gasteiger partial charge on any atom is 0.439 e. The van der Waals surface area contributed by atoms with Crippen molar-refractivity contribution in [3.8, 4) is 11.5 Å². The molecular formula is C18H21N3O5. The van der Waals surface area contributed by atoms with E-state index in [1.54, 1.807) is 14.0 Å². The molecule has 2 aromatic rings. The highest BCUT2D eigenvalue weighted by molar-refractivity contribution is 5.68. The van der Waals surface area contributed by atoms with E-state index in [0.29, 0.717) is 17.3 Å². The minimum absolute atomic E-state index is 0.228. The molecule has 1 saturated carbocycles. The summed E-state index contributed by atoms with van der Waals surface area (Å²) in [5, 5.41) is 3.71. The molecule has 2 aliphatic rings. The number of methoxy groups -OCH3 is 1. The molecule has 0 radical (unpaired) electrons. The highest BCUT2D eigenvalue weighted by Gasteiger charge is 2.36. The molecule has 8 nitrogen and oxygen atoms in total. The fourth-order valence-electron chi connectivity index (χ4n) is 3.32. The van der Waals surface area contributed by atoms with Crippen LogP contribution in [0.5, 0.6) is 11.5 Å². The fourth-order valence-corrected chi connectivity index (χ4v) is 3.32. The van der Waals surface area contributed by atoms with E-state index in [1.807, 2.05) is 24.3 Å². The molecule has 1 aromatic heterocycles. The molecule has 2 heterocycles. The van der Waals surface area contributed by atoms with E-state index in [9.17, 15) is 4.79 Å². The van der Waals surface area contributed by atoms with Crippen molar-refractivity contribution in [3.05, 3.63) is 46.2 Å². The number of nitrogens with one attached hydrogen (secondary N) is 2. The van der Waals surface area contributed by atoms with Gasteiger partial charge in [0.1, 0.15) is 0 Å². The number of ether oxygens (including phenoxy) is 2. The minimum Gasteiger partial charge on any atom is -0.493 e. The Bertz CT molecular complexity index is 881. The first kappa shape index (κ1) is 16.7. The smallest absolute Gasteiger partial charge is 0.439 e. The van der Waals surface area contributed by atoms with Crippen molar-refractivity contribution in [2.75, 3.05) is 7.11 Å². The molecule has 1 fully saturated rings. The zero-order chi connectivity index (χ0) is 18.1. The van der Waals surface area contributed by atoms with E-state index < -0.39 is 11.4 Å². The van der Waals surface area contributed by atoms with Crippen LogP contribution in [0.3, 0.4) is 0 Å². The Balaban J connectivity index is 1.63. The molecule has 1 aliphatic carbocycles. The van der Waals surface area contributed by atoms with Crippen LogP contribution in [0.2, 0.25) is 0 Å². The third-order valence-electron chi connectivity index (χ3n) is 4.77. The van der Waals surface area contributed by atoms with E-state index >= 15 is 0 Å². The van der Waals surface area contributed by atoms with Gasteiger partial charge in [0, 0.05) is 5.56 Å². The molecule has 1 unspecified atom stereocenters. The summed E-state index contributed by atoms with van der Waals surface area (Å²) < 4.78 is 16.1. The van der Waals surface area contributed by atoms with Gasteiger partial charge in [0.05, 0.1) is 18.9 Å². The Kier molecular flexibility index (Phi) is 4.20. The number of rotatable bonds is 5. The maximum absolute atomic E-state index is 11.2. The Morgan fingerprint density at radius 1 is 1.27 bits per heavy atom. The minimum atomic E-state index is -0.937. The molecule has 8 heteroatoms. The second-order valence-corrected chi connectivity index (χ2v) is 6.70. The Labute approximate surface area is 150 Å². The summed E-state index contributed by atoms with van der Waals surface area (Å²) >= 11 is 0. The van der Waals surface area contributed by atoms with Crippen molar-refractivity contribution < 1.29 is 18.8 Å². The van der Waals surface area contributed by atoms with E-state index in [4.69, 9.17) is 14.3 Å².